The molecule has 0 saturated carbocycles. The quantitative estimate of drug-likeness (QED) is 0.422. The molecule has 66 valence electrons. The predicted octanol–water partition coefficient (Wildman–Crippen LogP) is 3.54. The molecule has 0 N–H and O–H groups in total. The molecule has 0 saturated heterocycles. The number of hydrogen-bond donors (Lipinski definition) is 0. The number of unbranched alkanes of at least 4 members (excludes halogenated alkanes) is 4. The fourth-order valence-electron chi connectivity index (χ4n) is 1.06. The van der Waals surface area contributed by atoms with Gasteiger partial charge < -0.3 is 0 Å². The van der Waals surface area contributed by atoms with E-state index in [2.05, 4.69) is 31.8 Å². The van der Waals surface area contributed by atoms with Crippen molar-refractivity contribution in [2.75, 3.05) is 0 Å². The van der Waals surface area contributed by atoms with Crippen molar-refractivity contribution in [2.24, 2.45) is 0 Å². The van der Waals surface area contributed by atoms with E-state index in [4.69, 9.17) is 0 Å². The molecule has 0 unspecified atom stereocenters. The molecular weight excluding hydrogens is 148 g/mol. The minimum absolute atomic E-state index is 0.410. The lowest BCUT2D eigenvalue weighted by atomic mass is 10.2. The van der Waals surface area contributed by atoms with Gasteiger partial charge in [-0.3, -0.25) is 0 Å². The molecular formula is C10H22Si. The van der Waals surface area contributed by atoms with Gasteiger partial charge >= 0.3 is 0 Å². The number of rotatable bonds is 6. The van der Waals surface area contributed by atoms with Crippen LogP contribution in [0.25, 0.3) is 0 Å². The van der Waals surface area contributed by atoms with Gasteiger partial charge in [-0.15, -0.1) is 5.70 Å². The van der Waals surface area contributed by atoms with Crippen LogP contribution in [0.2, 0.25) is 13.1 Å². The molecule has 0 nitrogen and oxygen atoms in total. The standard InChI is InChI=1S/C10H22Si/c1-4-5-6-7-8-9-10-11(2)3/h9-11H,4-8H2,1-3H3/b10-9+. The zero-order valence-electron chi connectivity index (χ0n) is 8.27. The first-order chi connectivity index (χ1) is 5.27. The molecule has 0 aromatic carbocycles. The lowest BCUT2D eigenvalue weighted by molar-refractivity contribution is 0.674. The van der Waals surface area contributed by atoms with E-state index >= 15 is 0 Å². The number of allylic oxidation sites excluding steroid dienone is 1. The Balaban J connectivity index is 3.01. The van der Waals surface area contributed by atoms with E-state index in [1.54, 1.807) is 0 Å². The third kappa shape index (κ3) is 9.96. The van der Waals surface area contributed by atoms with Crippen LogP contribution in [0.3, 0.4) is 0 Å². The largest absolute Gasteiger partial charge is 0.102 e. The normalized spacial score (nSPS) is 11.6. The predicted molar refractivity (Wildman–Crippen MR) is 56.8 cm³/mol. The molecule has 11 heavy (non-hydrogen) atoms. The van der Waals surface area contributed by atoms with Crippen molar-refractivity contribution in [2.45, 2.75) is 52.1 Å². The van der Waals surface area contributed by atoms with Crippen molar-refractivity contribution in [1.82, 2.24) is 0 Å². The van der Waals surface area contributed by atoms with Crippen molar-refractivity contribution >= 4 is 8.80 Å². The van der Waals surface area contributed by atoms with Gasteiger partial charge in [0.1, 0.15) is 0 Å². The summed E-state index contributed by atoms with van der Waals surface area (Å²) in [5.41, 5.74) is 2.44. The van der Waals surface area contributed by atoms with Crippen LogP contribution in [0.15, 0.2) is 11.8 Å². The van der Waals surface area contributed by atoms with Crippen molar-refractivity contribution in [1.29, 1.82) is 0 Å². The summed E-state index contributed by atoms with van der Waals surface area (Å²) in [4.78, 5) is 0. The van der Waals surface area contributed by atoms with Gasteiger partial charge in [-0.1, -0.05) is 45.4 Å². The highest BCUT2D eigenvalue weighted by Gasteiger charge is 1.86. The second-order valence-electron chi connectivity index (χ2n) is 3.52. The summed E-state index contributed by atoms with van der Waals surface area (Å²) in [6.07, 6.45) is 9.26. The van der Waals surface area contributed by atoms with E-state index in [0.29, 0.717) is 0 Å². The van der Waals surface area contributed by atoms with Crippen molar-refractivity contribution in [3.05, 3.63) is 11.8 Å². The third-order valence-corrected chi connectivity index (χ3v) is 2.79. The summed E-state index contributed by atoms with van der Waals surface area (Å²) >= 11 is 0. The molecule has 0 spiro atoms. The Kier molecular flexibility index (Phi) is 8.03. The van der Waals surface area contributed by atoms with Gasteiger partial charge in [0.05, 0.1) is 8.80 Å². The first-order valence-electron chi connectivity index (χ1n) is 4.94. The Morgan fingerprint density at radius 3 is 2.36 bits per heavy atom. The van der Waals surface area contributed by atoms with Gasteiger partial charge in [-0.25, -0.2) is 0 Å². The molecule has 0 aromatic heterocycles. The average Bonchev–Trinajstić information content (AvgIpc) is 1.96. The van der Waals surface area contributed by atoms with Gasteiger partial charge in [0.25, 0.3) is 0 Å². The summed E-state index contributed by atoms with van der Waals surface area (Å²) < 4.78 is 0. The van der Waals surface area contributed by atoms with Gasteiger partial charge in [-0.2, -0.15) is 0 Å². The topological polar surface area (TPSA) is 0 Å². The molecule has 0 radical (unpaired) electrons. The van der Waals surface area contributed by atoms with Crippen LogP contribution in [0.1, 0.15) is 39.0 Å². The fraction of sp³-hybridized carbons (Fsp3) is 0.800. The van der Waals surface area contributed by atoms with Gasteiger partial charge in [-0.05, 0) is 12.8 Å². The molecule has 0 fully saturated rings. The first-order valence-corrected chi connectivity index (χ1v) is 7.91. The second-order valence-corrected chi connectivity index (χ2v) is 6.39. The maximum atomic E-state index is 2.44. The Labute approximate surface area is 73.3 Å². The van der Waals surface area contributed by atoms with Crippen LogP contribution in [0.5, 0.6) is 0 Å². The second kappa shape index (κ2) is 8.06. The molecule has 0 bridgehead atoms. The maximum Gasteiger partial charge on any atom is 0.0549 e. The molecule has 0 atom stereocenters. The van der Waals surface area contributed by atoms with Crippen LogP contribution in [0.4, 0.5) is 0 Å². The lowest BCUT2D eigenvalue weighted by Crippen LogP contribution is -1.91. The first kappa shape index (κ1) is 11.0. The fourth-order valence-corrected chi connectivity index (χ4v) is 1.79. The summed E-state index contributed by atoms with van der Waals surface area (Å²) in [5.74, 6) is 0. The zero-order chi connectivity index (χ0) is 8.53. The van der Waals surface area contributed by atoms with Crippen LogP contribution >= 0.6 is 0 Å². The summed E-state index contributed by atoms with van der Waals surface area (Å²) in [5, 5.41) is 0. The Hall–Kier alpha value is -0.0431. The summed E-state index contributed by atoms with van der Waals surface area (Å²) in [6, 6.07) is 0. The maximum absolute atomic E-state index is 2.44. The minimum atomic E-state index is -0.410. The van der Waals surface area contributed by atoms with Crippen LogP contribution in [-0.4, -0.2) is 8.80 Å². The van der Waals surface area contributed by atoms with E-state index in [1.807, 2.05) is 0 Å². The van der Waals surface area contributed by atoms with E-state index in [9.17, 15) is 0 Å². The van der Waals surface area contributed by atoms with Crippen molar-refractivity contribution < 1.29 is 0 Å². The molecule has 0 heterocycles. The molecule has 0 aliphatic heterocycles. The summed E-state index contributed by atoms with van der Waals surface area (Å²) in [7, 11) is -0.410. The van der Waals surface area contributed by atoms with Crippen molar-refractivity contribution in [3.63, 3.8) is 0 Å². The van der Waals surface area contributed by atoms with Crippen LogP contribution < -0.4 is 0 Å². The van der Waals surface area contributed by atoms with E-state index in [0.717, 1.165) is 0 Å². The molecule has 0 aliphatic carbocycles. The average molecular weight is 170 g/mol. The highest BCUT2D eigenvalue weighted by molar-refractivity contribution is 6.61. The van der Waals surface area contributed by atoms with Crippen LogP contribution in [-0.2, 0) is 0 Å². The van der Waals surface area contributed by atoms with E-state index in [-0.39, 0.29) is 0 Å². The van der Waals surface area contributed by atoms with Crippen LogP contribution in [0, 0.1) is 0 Å². The Morgan fingerprint density at radius 1 is 1.09 bits per heavy atom. The molecule has 0 amide bonds. The number of hydrogen-bond acceptors (Lipinski definition) is 0. The van der Waals surface area contributed by atoms with Gasteiger partial charge in [0, 0.05) is 0 Å². The zero-order valence-corrected chi connectivity index (χ0v) is 9.42. The van der Waals surface area contributed by atoms with Crippen molar-refractivity contribution in [3.8, 4) is 0 Å². The third-order valence-electron chi connectivity index (χ3n) is 1.75. The lowest BCUT2D eigenvalue weighted by Gasteiger charge is -1.95. The molecule has 0 rings (SSSR count). The molecule has 0 aliphatic rings. The highest BCUT2D eigenvalue weighted by atomic mass is 28.3. The monoisotopic (exact) mass is 170 g/mol. The van der Waals surface area contributed by atoms with Gasteiger partial charge in [0.2, 0.25) is 0 Å². The molecule has 0 aromatic rings. The summed E-state index contributed by atoms with van der Waals surface area (Å²) in [6.45, 7) is 6.99. The van der Waals surface area contributed by atoms with E-state index in [1.165, 1.54) is 32.1 Å². The highest BCUT2D eigenvalue weighted by Crippen LogP contribution is 2.02. The Morgan fingerprint density at radius 2 is 1.82 bits per heavy atom. The smallest absolute Gasteiger partial charge is 0.0549 e. The minimum Gasteiger partial charge on any atom is -0.102 e. The Bertz CT molecular complexity index is 95.0. The molecule has 1 heteroatoms. The van der Waals surface area contributed by atoms with Gasteiger partial charge in [0.15, 0.2) is 0 Å². The van der Waals surface area contributed by atoms with E-state index < -0.39 is 8.80 Å². The SMILES string of the molecule is CCCCCC/C=C/[SiH](C)C.